The minimum Gasteiger partial charge on any atom is -0.447 e. The van der Waals surface area contributed by atoms with E-state index in [1.807, 2.05) is 31.2 Å². The molecular weight excluding hydrogens is 371 g/mol. The van der Waals surface area contributed by atoms with Crippen molar-refractivity contribution in [1.29, 1.82) is 0 Å². The molecule has 1 fully saturated rings. The molecule has 1 aliphatic heterocycles. The van der Waals surface area contributed by atoms with Crippen LogP contribution in [0.2, 0.25) is 0 Å². The number of amides is 1. The molecule has 3 aromatic rings. The van der Waals surface area contributed by atoms with Gasteiger partial charge in [0.1, 0.15) is 12.1 Å². The summed E-state index contributed by atoms with van der Waals surface area (Å²) in [5.74, 6) is 0.0118. The van der Waals surface area contributed by atoms with Crippen LogP contribution in [0.15, 0.2) is 59.2 Å². The zero-order valence-corrected chi connectivity index (χ0v) is 16.3. The molecule has 0 saturated carbocycles. The van der Waals surface area contributed by atoms with Crippen LogP contribution in [0.25, 0.3) is 0 Å². The highest BCUT2D eigenvalue weighted by molar-refractivity contribution is 6.02. The van der Waals surface area contributed by atoms with E-state index >= 15 is 0 Å². The predicted molar refractivity (Wildman–Crippen MR) is 110 cm³/mol. The Balaban J connectivity index is 1.29. The molecule has 0 spiro atoms. The SMILES string of the molecule is Cc1ccc(NC(=O)c2coc(CN3CCN(c4ccc(F)cc4)CC3)n2)cc1. The summed E-state index contributed by atoms with van der Waals surface area (Å²) in [4.78, 5) is 21.1. The van der Waals surface area contributed by atoms with Crippen LogP contribution in [0.3, 0.4) is 0 Å². The van der Waals surface area contributed by atoms with Crippen molar-refractivity contribution in [3.05, 3.63) is 77.8 Å². The van der Waals surface area contributed by atoms with E-state index in [0.717, 1.165) is 43.1 Å². The van der Waals surface area contributed by atoms with Crippen molar-refractivity contribution in [2.24, 2.45) is 0 Å². The molecule has 0 radical (unpaired) electrons. The minimum atomic E-state index is -0.287. The number of aromatic nitrogens is 1. The van der Waals surface area contributed by atoms with E-state index in [-0.39, 0.29) is 17.4 Å². The van der Waals surface area contributed by atoms with Gasteiger partial charge in [0.2, 0.25) is 5.89 Å². The number of nitrogens with zero attached hydrogens (tertiary/aromatic N) is 3. The maximum atomic E-state index is 13.1. The molecule has 1 aromatic heterocycles. The van der Waals surface area contributed by atoms with Gasteiger partial charge in [-0.3, -0.25) is 9.69 Å². The normalized spacial score (nSPS) is 14.8. The molecule has 0 aliphatic carbocycles. The summed E-state index contributed by atoms with van der Waals surface area (Å²) < 4.78 is 18.6. The van der Waals surface area contributed by atoms with Crippen LogP contribution < -0.4 is 10.2 Å². The molecule has 7 heteroatoms. The number of rotatable bonds is 5. The smallest absolute Gasteiger partial charge is 0.277 e. The topological polar surface area (TPSA) is 61.6 Å². The quantitative estimate of drug-likeness (QED) is 0.715. The van der Waals surface area contributed by atoms with E-state index < -0.39 is 0 Å². The summed E-state index contributed by atoms with van der Waals surface area (Å²) in [5.41, 5.74) is 3.15. The third-order valence-electron chi connectivity index (χ3n) is 5.02. The van der Waals surface area contributed by atoms with Crippen LogP contribution in [0.5, 0.6) is 0 Å². The molecule has 29 heavy (non-hydrogen) atoms. The standard InChI is InChI=1S/C22H23FN4O2/c1-16-2-6-18(7-3-16)24-22(28)20-15-29-21(25-20)14-26-10-12-27(13-11-26)19-8-4-17(23)5-9-19/h2-9,15H,10-14H2,1H3,(H,24,28). The zero-order chi connectivity index (χ0) is 20.2. The van der Waals surface area contributed by atoms with E-state index in [1.54, 1.807) is 12.1 Å². The number of carbonyl (C=O) groups excluding carboxylic acids is 1. The highest BCUT2D eigenvalue weighted by atomic mass is 19.1. The number of benzene rings is 2. The molecule has 4 rings (SSSR count). The second-order valence-electron chi connectivity index (χ2n) is 7.19. The summed E-state index contributed by atoms with van der Waals surface area (Å²) in [6.07, 6.45) is 1.40. The highest BCUT2D eigenvalue weighted by Crippen LogP contribution is 2.18. The van der Waals surface area contributed by atoms with Crippen molar-refractivity contribution in [2.45, 2.75) is 13.5 Å². The second-order valence-corrected chi connectivity index (χ2v) is 7.19. The lowest BCUT2D eigenvalue weighted by Gasteiger charge is -2.35. The van der Waals surface area contributed by atoms with Crippen LogP contribution in [-0.4, -0.2) is 42.0 Å². The molecule has 0 bridgehead atoms. The number of anilines is 2. The maximum Gasteiger partial charge on any atom is 0.277 e. The van der Waals surface area contributed by atoms with E-state index in [1.165, 1.54) is 18.4 Å². The van der Waals surface area contributed by atoms with Gasteiger partial charge in [0.05, 0.1) is 6.54 Å². The monoisotopic (exact) mass is 394 g/mol. The Hall–Kier alpha value is -3.19. The molecular formula is C22H23FN4O2. The maximum absolute atomic E-state index is 13.1. The Labute approximate surface area is 169 Å². The third kappa shape index (κ3) is 4.81. The summed E-state index contributed by atoms with van der Waals surface area (Å²) in [6.45, 7) is 5.90. The van der Waals surface area contributed by atoms with Crippen molar-refractivity contribution in [2.75, 3.05) is 36.4 Å². The Morgan fingerprint density at radius 2 is 1.76 bits per heavy atom. The van der Waals surface area contributed by atoms with Gasteiger partial charge >= 0.3 is 0 Å². The Bertz CT molecular complexity index is 961. The number of aryl methyl sites for hydroxylation is 1. The van der Waals surface area contributed by atoms with Gasteiger partial charge in [0.15, 0.2) is 5.69 Å². The van der Waals surface area contributed by atoms with Gasteiger partial charge in [0, 0.05) is 37.6 Å². The molecule has 2 heterocycles. The summed E-state index contributed by atoms with van der Waals surface area (Å²) in [7, 11) is 0. The number of halogens is 1. The largest absolute Gasteiger partial charge is 0.447 e. The molecule has 0 atom stereocenters. The van der Waals surface area contributed by atoms with Crippen molar-refractivity contribution < 1.29 is 13.6 Å². The van der Waals surface area contributed by atoms with Crippen LogP contribution in [0, 0.1) is 12.7 Å². The van der Waals surface area contributed by atoms with Crippen molar-refractivity contribution >= 4 is 17.3 Å². The predicted octanol–water partition coefficient (Wildman–Crippen LogP) is 3.70. The van der Waals surface area contributed by atoms with Crippen LogP contribution >= 0.6 is 0 Å². The first-order chi connectivity index (χ1) is 14.1. The molecule has 2 aromatic carbocycles. The van der Waals surface area contributed by atoms with Crippen molar-refractivity contribution in [3.63, 3.8) is 0 Å². The van der Waals surface area contributed by atoms with Crippen LogP contribution in [-0.2, 0) is 6.54 Å². The fraction of sp³-hybridized carbons (Fsp3) is 0.273. The summed E-state index contributed by atoms with van der Waals surface area (Å²) in [6, 6.07) is 14.2. The number of hydrogen-bond acceptors (Lipinski definition) is 5. The number of carbonyl (C=O) groups is 1. The average molecular weight is 394 g/mol. The summed E-state index contributed by atoms with van der Waals surface area (Å²) in [5, 5.41) is 2.82. The molecule has 0 unspecified atom stereocenters. The van der Waals surface area contributed by atoms with Gasteiger partial charge < -0.3 is 14.6 Å². The summed E-state index contributed by atoms with van der Waals surface area (Å²) >= 11 is 0. The Morgan fingerprint density at radius 1 is 1.07 bits per heavy atom. The van der Waals surface area contributed by atoms with E-state index in [9.17, 15) is 9.18 Å². The fourth-order valence-electron chi connectivity index (χ4n) is 3.33. The number of piperazine rings is 1. The number of hydrogen-bond donors (Lipinski definition) is 1. The van der Waals surface area contributed by atoms with Crippen LogP contribution in [0.4, 0.5) is 15.8 Å². The Kier molecular flexibility index (Phi) is 5.57. The fourth-order valence-corrected chi connectivity index (χ4v) is 3.33. The number of oxazole rings is 1. The molecule has 150 valence electrons. The number of nitrogens with one attached hydrogen (secondary N) is 1. The van der Waals surface area contributed by atoms with E-state index in [0.29, 0.717) is 12.4 Å². The van der Waals surface area contributed by atoms with Crippen LogP contribution in [0.1, 0.15) is 21.9 Å². The second kappa shape index (κ2) is 8.45. The lowest BCUT2D eigenvalue weighted by atomic mass is 10.2. The lowest BCUT2D eigenvalue weighted by Crippen LogP contribution is -2.46. The third-order valence-corrected chi connectivity index (χ3v) is 5.02. The molecule has 1 saturated heterocycles. The van der Waals surface area contributed by atoms with Gasteiger partial charge in [-0.2, -0.15) is 0 Å². The van der Waals surface area contributed by atoms with Gasteiger partial charge in [0.25, 0.3) is 5.91 Å². The van der Waals surface area contributed by atoms with E-state index in [2.05, 4.69) is 20.1 Å². The Morgan fingerprint density at radius 3 is 2.45 bits per heavy atom. The molecule has 1 aliphatic rings. The van der Waals surface area contributed by atoms with Gasteiger partial charge in [-0.25, -0.2) is 9.37 Å². The first-order valence-electron chi connectivity index (χ1n) is 9.62. The lowest BCUT2D eigenvalue weighted by molar-refractivity contribution is 0.102. The first kappa shape index (κ1) is 19.1. The van der Waals surface area contributed by atoms with Crippen molar-refractivity contribution in [3.8, 4) is 0 Å². The highest BCUT2D eigenvalue weighted by Gasteiger charge is 2.20. The molecule has 6 nitrogen and oxygen atoms in total. The average Bonchev–Trinajstić information content (AvgIpc) is 3.20. The molecule has 1 amide bonds. The van der Waals surface area contributed by atoms with Crippen molar-refractivity contribution in [1.82, 2.24) is 9.88 Å². The van der Waals surface area contributed by atoms with E-state index in [4.69, 9.17) is 4.42 Å². The van der Waals surface area contributed by atoms with Gasteiger partial charge in [-0.1, -0.05) is 17.7 Å². The van der Waals surface area contributed by atoms with Gasteiger partial charge in [-0.05, 0) is 43.3 Å². The van der Waals surface area contributed by atoms with Gasteiger partial charge in [-0.15, -0.1) is 0 Å². The zero-order valence-electron chi connectivity index (χ0n) is 16.3. The first-order valence-corrected chi connectivity index (χ1v) is 9.62. The minimum absolute atomic E-state index is 0.224. The molecule has 1 N–H and O–H groups in total.